The lowest BCUT2D eigenvalue weighted by molar-refractivity contribution is -0.140. The molecular weight excluding hydrogens is 1410 g/mol. The van der Waals surface area contributed by atoms with E-state index in [9.17, 15) is 52.9 Å². The lowest BCUT2D eigenvalue weighted by atomic mass is 9.76. The van der Waals surface area contributed by atoms with E-state index in [1.165, 1.54) is 65.7 Å². The van der Waals surface area contributed by atoms with E-state index in [1.54, 1.807) is 30.4 Å². The molecule has 13 rings (SSSR count). The van der Waals surface area contributed by atoms with Crippen LogP contribution in [0.1, 0.15) is 118 Å². The van der Waals surface area contributed by atoms with Crippen LogP contribution < -0.4 is 46.7 Å². The number of phosphoric ester groups is 1. The van der Waals surface area contributed by atoms with E-state index in [-0.39, 0.29) is 83.2 Å². The molecule has 2 aromatic carbocycles. The Kier molecular flexibility index (Phi) is 21.1. The minimum Gasteiger partial charge on any atom is -0.510 e. The molecule has 0 bridgehead atoms. The summed E-state index contributed by atoms with van der Waals surface area (Å²) in [5, 5.41) is 38.9. The predicted molar refractivity (Wildman–Crippen MR) is 376 cm³/mol. The van der Waals surface area contributed by atoms with Crippen molar-refractivity contribution in [3.05, 3.63) is 143 Å². The Labute approximate surface area is 587 Å². The molecule has 101 heavy (non-hydrogen) atoms. The quantitative estimate of drug-likeness (QED) is 0.00691. The van der Waals surface area contributed by atoms with Crippen molar-refractivity contribution in [2.24, 2.45) is 22.1 Å². The lowest BCUT2D eigenvalue weighted by Crippen LogP contribution is -2.45. The van der Waals surface area contributed by atoms with Gasteiger partial charge in [-0.05, 0) is 105 Å². The predicted octanol–water partition coefficient (Wildman–Crippen LogP) is 7.53. The van der Waals surface area contributed by atoms with Gasteiger partial charge in [0.25, 0.3) is 5.56 Å². The number of ether oxygens (including phenoxy) is 3. The summed E-state index contributed by atoms with van der Waals surface area (Å²) in [5.74, 6) is 4.01. The zero-order chi connectivity index (χ0) is 71.3. The number of amides is 2. The highest BCUT2D eigenvalue weighted by atomic mass is 33.1. The summed E-state index contributed by atoms with van der Waals surface area (Å²) in [6, 6.07) is 3.86. The first-order valence-corrected chi connectivity index (χ1v) is 40.2. The Morgan fingerprint density at radius 2 is 1.72 bits per heavy atom. The van der Waals surface area contributed by atoms with Gasteiger partial charge in [-0.15, -0.1) is 0 Å². The monoisotopic (exact) mass is 1480 g/mol. The molecule has 536 valence electrons. The Bertz CT molecular complexity index is 4740. The first kappa shape index (κ1) is 72.1. The van der Waals surface area contributed by atoms with Crippen LogP contribution in [-0.2, 0) is 76.4 Å². The van der Waals surface area contributed by atoms with Gasteiger partial charge in [-0.1, -0.05) is 84.6 Å². The topological polar surface area (TPSA) is 411 Å². The number of azo groups is 1. The number of rotatable bonds is 22. The van der Waals surface area contributed by atoms with Gasteiger partial charge in [0.05, 0.1) is 53.3 Å². The highest BCUT2D eigenvalue weighted by molar-refractivity contribution is 8.77. The van der Waals surface area contributed by atoms with Crippen LogP contribution in [0.15, 0.2) is 104 Å². The molecule has 8 heterocycles. The highest BCUT2D eigenvalue weighted by Gasteiger charge is 2.45. The second kappa shape index (κ2) is 29.5. The number of hydrogen-bond acceptors (Lipinski definition) is 21. The number of nitrogens with two attached hydrogens (primary N) is 1. The zero-order valence-electron chi connectivity index (χ0n) is 55.5. The standard InChI is InChI=1S/C67H77N10O19P3S2/c1-67(2,3)101-100-36-91-52-33-54(93-53(52)35-92-98(87,88)96-99(89,90)95-97(84,85)86)77-34-42(55-61(77)71-66(68)72-64(55)81)9-4-23-69-62(79)38-15-18-43(19-16-38)73-74-50-21-14-37(29-51(50)78)22-24-70-63(80)41-17-20-44(47(32-41)65(82)83)56-48-30-39-10-5-25-75-27-7-12-45(57(39)75)59(48)94-60-46-13-8-28-76-26-6-11-40(58(46)76)31-49(56)60/h14-15,17-20,29-31,34,38,47,50,52-54H,5-8,10-13,16,21-28,32-33,35-36H2,1-3H3,(H10-,68,69,70,71,72,78,79,80,81,82,83,84,85,86,87,88,89,90)/p+1/b74-73+/t38?,47?,50?,52?,53-,54-/m1/s1. The number of nitrogens with one attached hydrogen (secondary N) is 3. The Hall–Kier alpha value is -7.23. The van der Waals surface area contributed by atoms with E-state index in [0.29, 0.717) is 29.7 Å². The van der Waals surface area contributed by atoms with Crippen molar-refractivity contribution in [1.82, 2.24) is 29.7 Å². The number of phosphoric acid groups is 3. The van der Waals surface area contributed by atoms with Gasteiger partial charge < -0.3 is 69.8 Å². The van der Waals surface area contributed by atoms with E-state index in [0.717, 1.165) is 111 Å². The molecule has 6 aliphatic heterocycles. The number of aliphatic hydroxyl groups is 1. The van der Waals surface area contributed by atoms with Crippen molar-refractivity contribution in [1.29, 1.82) is 0 Å². The number of carbonyl (C=O) groups is 3. The highest BCUT2D eigenvalue weighted by Crippen LogP contribution is 2.66. The van der Waals surface area contributed by atoms with Crippen LogP contribution in [-0.4, -0.2) is 137 Å². The van der Waals surface area contributed by atoms with Crippen LogP contribution >= 0.6 is 45.1 Å². The fraction of sp³-hybridized carbons (Fsp3) is 0.463. The number of carbonyl (C=O) groups excluding carboxylic acids is 2. The van der Waals surface area contributed by atoms with Crippen LogP contribution in [0.4, 0.5) is 11.6 Å². The first-order valence-electron chi connectivity index (χ1n) is 33.4. The number of aromatic amines is 1. The van der Waals surface area contributed by atoms with E-state index in [2.05, 4.69) is 72.9 Å². The average molecular weight is 1480 g/mol. The van der Waals surface area contributed by atoms with Gasteiger partial charge in [-0.2, -0.15) is 23.8 Å². The summed E-state index contributed by atoms with van der Waals surface area (Å²) in [7, 11) is -14.1. The van der Waals surface area contributed by atoms with Gasteiger partial charge in [-0.25, -0.2) is 18.3 Å². The number of aliphatic carboxylic acids is 1. The van der Waals surface area contributed by atoms with Gasteiger partial charge in [0.15, 0.2) is 5.65 Å². The molecule has 34 heteroatoms. The maximum Gasteiger partial charge on any atom is 0.490 e. The Morgan fingerprint density at radius 3 is 2.48 bits per heavy atom. The van der Waals surface area contributed by atoms with E-state index >= 15 is 0 Å². The Morgan fingerprint density at radius 1 is 0.950 bits per heavy atom. The van der Waals surface area contributed by atoms with Crippen LogP contribution in [0, 0.1) is 23.7 Å². The number of aromatic nitrogens is 3. The molecule has 0 spiro atoms. The van der Waals surface area contributed by atoms with Crippen molar-refractivity contribution in [3.63, 3.8) is 0 Å². The second-order valence-corrected chi connectivity index (χ2v) is 34.4. The SMILES string of the molecule is CC(C)(C)SSCOC1C[C@H](n2cc(C#CCNC(=O)C3C=CC(/N=N/C4CC=C(CCNC(=O)C5=CC=C(C6=c7cc8c9c(c7Oc7c6cc6c%10c7CCCN%10CCC6)CCC[N+]=9CCC8)C(C(=O)O)C5)C=C4O)=CC3)c3c(=O)[nH]c(N)nc32)O[C@@H]1COP(=O)(O)OP(=O)(O)OP(=O)(O)O. The van der Waals surface area contributed by atoms with Crippen LogP contribution in [0.25, 0.3) is 16.6 Å². The molecule has 6 unspecified atom stereocenters. The maximum absolute atomic E-state index is 13.9. The summed E-state index contributed by atoms with van der Waals surface area (Å²) in [5.41, 5.74) is 15.9. The van der Waals surface area contributed by atoms with Crippen molar-refractivity contribution in [2.45, 2.75) is 133 Å². The number of nitrogen functional groups attached to an aromatic ring is 1. The summed E-state index contributed by atoms with van der Waals surface area (Å²) >= 11 is 0. The third-order valence-corrected chi connectivity index (χ3v) is 25.6. The number of anilines is 2. The van der Waals surface area contributed by atoms with Gasteiger partial charge in [0.2, 0.25) is 23.1 Å². The number of hydrogen-bond donors (Lipinski definition) is 10. The van der Waals surface area contributed by atoms with Gasteiger partial charge >= 0.3 is 29.4 Å². The zero-order valence-corrected chi connectivity index (χ0v) is 59.8. The molecule has 2 amide bonds. The number of allylic oxidation sites excluding steroid dienone is 5. The average Bonchev–Trinajstić information content (AvgIpc) is 1.71. The van der Waals surface area contributed by atoms with E-state index < -0.39 is 77.9 Å². The number of aryl methyl sites for hydroxylation is 2. The first-order chi connectivity index (χ1) is 48.1. The lowest BCUT2D eigenvalue weighted by Gasteiger charge is -2.39. The third kappa shape index (κ3) is 16.3. The summed E-state index contributed by atoms with van der Waals surface area (Å²) in [4.78, 5) is 101. The Balaban J connectivity index is 0.613. The van der Waals surface area contributed by atoms with Gasteiger partial charge in [-0.3, -0.25) is 28.7 Å². The van der Waals surface area contributed by atoms with Crippen LogP contribution in [0.2, 0.25) is 0 Å². The molecule has 0 radical (unpaired) electrons. The normalized spacial score (nSPS) is 23.5. The van der Waals surface area contributed by atoms with Crippen LogP contribution in [0.5, 0.6) is 11.5 Å². The van der Waals surface area contributed by atoms with Gasteiger partial charge in [0.1, 0.15) is 54.7 Å². The molecule has 1 fully saturated rings. The second-order valence-electron chi connectivity index (χ2n) is 26.9. The fourth-order valence-electron chi connectivity index (χ4n) is 14.5. The minimum absolute atomic E-state index is 0.00527. The van der Waals surface area contributed by atoms with Crippen molar-refractivity contribution in [2.75, 3.05) is 62.4 Å². The number of H-pyrrole nitrogens is 1. The maximum atomic E-state index is 13.9. The molecule has 3 aliphatic carbocycles. The molecule has 4 aromatic rings. The number of fused-ring (bicyclic) bond motifs is 5. The van der Waals surface area contributed by atoms with Crippen LogP contribution in [0.3, 0.4) is 0 Å². The molecule has 9 aliphatic rings. The van der Waals surface area contributed by atoms with E-state index in [1.807, 2.05) is 32.9 Å². The third-order valence-electron chi connectivity index (χ3n) is 18.8. The van der Waals surface area contributed by atoms with Crippen molar-refractivity contribution >= 4 is 91.1 Å². The summed E-state index contributed by atoms with van der Waals surface area (Å²) < 4.78 is 71.8. The van der Waals surface area contributed by atoms with Crippen molar-refractivity contribution in [3.8, 4) is 23.3 Å². The van der Waals surface area contributed by atoms with E-state index in [4.69, 9.17) is 34.3 Å². The molecule has 29 nitrogen and oxygen atoms in total. The number of carboxylic acids is 1. The van der Waals surface area contributed by atoms with Crippen molar-refractivity contribution < 1.29 is 85.2 Å². The number of carboxylic acid groups (broad SMARTS) is 1. The largest absolute Gasteiger partial charge is 0.510 e. The fourth-order valence-corrected chi connectivity index (χ4v) is 19.5. The number of aliphatic hydroxyl groups excluding tert-OH is 1. The molecule has 0 saturated carbocycles. The summed E-state index contributed by atoms with van der Waals surface area (Å²) in [6.45, 7) is 9.30. The number of nitrogens with zero attached hydrogens (tertiary/aromatic N) is 6. The minimum atomic E-state index is -5.82. The number of benzene rings is 2. The van der Waals surface area contributed by atoms with Gasteiger partial charge in [0, 0.05) is 88.6 Å². The molecule has 11 N–H and O–H groups in total. The molecule has 2 aromatic heterocycles. The smallest absolute Gasteiger partial charge is 0.490 e. The summed E-state index contributed by atoms with van der Waals surface area (Å²) in [6.07, 6.45) is 19.4. The molecule has 8 atom stereocenters. The molecular formula is C67H78N10O19P3S2+. The molecule has 1 saturated heterocycles.